The summed E-state index contributed by atoms with van der Waals surface area (Å²) in [5, 5.41) is 9.74. The minimum atomic E-state index is -0.339. The van der Waals surface area contributed by atoms with E-state index in [9.17, 15) is 9.50 Å². The lowest BCUT2D eigenvalue weighted by Gasteiger charge is -2.10. The normalized spacial score (nSPS) is 10.4. The molecule has 0 unspecified atom stereocenters. The molecule has 0 fully saturated rings. The molecule has 2 aromatic carbocycles. The van der Waals surface area contributed by atoms with Gasteiger partial charge in [0.1, 0.15) is 11.6 Å². The molecule has 2 aromatic rings. The predicted octanol–water partition coefficient (Wildman–Crippen LogP) is 3.82. The van der Waals surface area contributed by atoms with E-state index in [4.69, 9.17) is 0 Å². The quantitative estimate of drug-likeness (QED) is 0.768. The Labute approximate surface area is 94.2 Å². The van der Waals surface area contributed by atoms with Gasteiger partial charge in [-0.05, 0) is 48.7 Å². The van der Waals surface area contributed by atoms with Crippen molar-refractivity contribution in [2.75, 3.05) is 0 Å². The van der Waals surface area contributed by atoms with Crippen LogP contribution in [0.5, 0.6) is 5.75 Å². The molecule has 82 valence electrons. The minimum absolute atomic E-state index is 0.107. The summed E-state index contributed by atoms with van der Waals surface area (Å²) < 4.78 is 13.2. The maximum absolute atomic E-state index is 13.2. The number of benzene rings is 2. The zero-order chi connectivity index (χ0) is 11.7. The molecule has 2 rings (SSSR count). The van der Waals surface area contributed by atoms with Gasteiger partial charge in [0.15, 0.2) is 0 Å². The molecule has 0 aliphatic rings. The summed E-state index contributed by atoms with van der Waals surface area (Å²) in [5.41, 5.74) is 3.60. The van der Waals surface area contributed by atoms with Gasteiger partial charge < -0.3 is 5.11 Å². The van der Waals surface area contributed by atoms with E-state index in [1.54, 1.807) is 0 Å². The highest BCUT2D eigenvalue weighted by Crippen LogP contribution is 2.32. The van der Waals surface area contributed by atoms with Crippen molar-refractivity contribution in [2.45, 2.75) is 13.8 Å². The van der Waals surface area contributed by atoms with E-state index < -0.39 is 0 Å². The second-order valence-electron chi connectivity index (χ2n) is 3.91. The van der Waals surface area contributed by atoms with Gasteiger partial charge in [-0.15, -0.1) is 0 Å². The largest absolute Gasteiger partial charge is 0.507 e. The van der Waals surface area contributed by atoms with E-state index in [1.807, 2.05) is 32.0 Å². The van der Waals surface area contributed by atoms with Gasteiger partial charge in [-0.1, -0.05) is 18.2 Å². The van der Waals surface area contributed by atoms with Gasteiger partial charge >= 0.3 is 0 Å². The first kappa shape index (κ1) is 10.7. The Kier molecular flexibility index (Phi) is 2.65. The highest BCUT2D eigenvalue weighted by Gasteiger charge is 2.09. The Morgan fingerprint density at radius 1 is 1.00 bits per heavy atom. The molecule has 0 bridgehead atoms. The first-order valence-electron chi connectivity index (χ1n) is 5.14. The van der Waals surface area contributed by atoms with Crippen LogP contribution in [-0.2, 0) is 0 Å². The predicted molar refractivity (Wildman–Crippen MR) is 63.0 cm³/mol. The summed E-state index contributed by atoms with van der Waals surface area (Å²) in [6.45, 7) is 3.96. The molecule has 0 spiro atoms. The number of aromatic hydroxyl groups is 1. The van der Waals surface area contributed by atoms with Crippen LogP contribution in [0.25, 0.3) is 11.1 Å². The molecule has 1 N–H and O–H groups in total. The lowest BCUT2D eigenvalue weighted by atomic mass is 9.96. The van der Waals surface area contributed by atoms with Crippen LogP contribution in [-0.4, -0.2) is 5.11 Å². The number of hydrogen-bond donors (Lipinski definition) is 1. The second-order valence-corrected chi connectivity index (χ2v) is 3.91. The van der Waals surface area contributed by atoms with Crippen molar-refractivity contribution < 1.29 is 9.50 Å². The van der Waals surface area contributed by atoms with Gasteiger partial charge in [-0.3, -0.25) is 0 Å². The van der Waals surface area contributed by atoms with E-state index in [1.165, 1.54) is 18.2 Å². The Morgan fingerprint density at radius 2 is 1.75 bits per heavy atom. The molecular formula is C14H13FO. The third-order valence-corrected chi connectivity index (χ3v) is 2.85. The SMILES string of the molecule is Cc1cccc(-c2cc(F)ccc2O)c1C. The first-order valence-corrected chi connectivity index (χ1v) is 5.14. The molecule has 0 aliphatic heterocycles. The van der Waals surface area contributed by atoms with Gasteiger partial charge in [0.25, 0.3) is 0 Å². The Bertz CT molecular complexity index is 532. The molecule has 0 saturated heterocycles. The van der Waals surface area contributed by atoms with E-state index >= 15 is 0 Å². The monoisotopic (exact) mass is 216 g/mol. The summed E-state index contributed by atoms with van der Waals surface area (Å²) >= 11 is 0. The molecule has 0 amide bonds. The van der Waals surface area contributed by atoms with Crippen LogP contribution in [0.15, 0.2) is 36.4 Å². The van der Waals surface area contributed by atoms with E-state index in [2.05, 4.69) is 0 Å². The van der Waals surface area contributed by atoms with Crippen LogP contribution < -0.4 is 0 Å². The van der Waals surface area contributed by atoms with Gasteiger partial charge in [0.2, 0.25) is 0 Å². The molecule has 16 heavy (non-hydrogen) atoms. The maximum Gasteiger partial charge on any atom is 0.124 e. The van der Waals surface area contributed by atoms with Crippen LogP contribution >= 0.6 is 0 Å². The number of phenolic OH excluding ortho intramolecular Hbond substituents is 1. The molecule has 0 aromatic heterocycles. The van der Waals surface area contributed by atoms with E-state index in [0.29, 0.717) is 5.56 Å². The standard InChI is InChI=1S/C14H13FO/c1-9-4-3-5-12(10(9)2)13-8-11(15)6-7-14(13)16/h3-8,16H,1-2H3. The maximum atomic E-state index is 13.2. The molecule has 1 nitrogen and oxygen atoms in total. The smallest absolute Gasteiger partial charge is 0.124 e. The number of halogens is 1. The average molecular weight is 216 g/mol. The van der Waals surface area contributed by atoms with Crippen molar-refractivity contribution in [1.82, 2.24) is 0 Å². The highest BCUT2D eigenvalue weighted by molar-refractivity contribution is 5.73. The number of phenols is 1. The summed E-state index contributed by atoms with van der Waals surface area (Å²) in [6.07, 6.45) is 0. The second kappa shape index (κ2) is 3.97. The lowest BCUT2D eigenvalue weighted by Crippen LogP contribution is -1.88. The van der Waals surface area contributed by atoms with Crippen molar-refractivity contribution in [3.8, 4) is 16.9 Å². The fourth-order valence-corrected chi connectivity index (χ4v) is 1.77. The van der Waals surface area contributed by atoms with Crippen LogP contribution in [0.2, 0.25) is 0 Å². The lowest BCUT2D eigenvalue weighted by molar-refractivity contribution is 0.475. The molecule has 0 radical (unpaired) electrons. The summed E-state index contributed by atoms with van der Waals surface area (Å²) in [7, 11) is 0. The minimum Gasteiger partial charge on any atom is -0.507 e. The topological polar surface area (TPSA) is 20.2 Å². The van der Waals surface area contributed by atoms with Crippen LogP contribution in [0, 0.1) is 19.7 Å². The average Bonchev–Trinajstić information content (AvgIpc) is 2.26. The highest BCUT2D eigenvalue weighted by atomic mass is 19.1. The zero-order valence-corrected chi connectivity index (χ0v) is 9.29. The van der Waals surface area contributed by atoms with E-state index in [-0.39, 0.29) is 11.6 Å². The fourth-order valence-electron chi connectivity index (χ4n) is 1.77. The summed E-state index contributed by atoms with van der Waals surface area (Å²) in [6, 6.07) is 9.78. The molecule has 2 heteroatoms. The zero-order valence-electron chi connectivity index (χ0n) is 9.29. The third kappa shape index (κ3) is 1.78. The van der Waals surface area contributed by atoms with Gasteiger partial charge in [-0.2, -0.15) is 0 Å². The molecule has 0 heterocycles. The summed E-state index contributed by atoms with van der Waals surface area (Å²) in [5.74, 6) is -0.233. The molecule has 0 saturated carbocycles. The van der Waals surface area contributed by atoms with Gasteiger partial charge in [0.05, 0.1) is 0 Å². The molecule has 0 atom stereocenters. The number of aryl methyl sites for hydroxylation is 1. The van der Waals surface area contributed by atoms with Crippen molar-refractivity contribution in [3.05, 3.63) is 53.3 Å². The van der Waals surface area contributed by atoms with Gasteiger partial charge in [-0.25, -0.2) is 4.39 Å². The summed E-state index contributed by atoms with van der Waals surface area (Å²) in [4.78, 5) is 0. The van der Waals surface area contributed by atoms with Crippen molar-refractivity contribution in [3.63, 3.8) is 0 Å². The van der Waals surface area contributed by atoms with E-state index in [0.717, 1.165) is 16.7 Å². The number of rotatable bonds is 1. The van der Waals surface area contributed by atoms with Crippen molar-refractivity contribution >= 4 is 0 Å². The Hall–Kier alpha value is -1.83. The molecular weight excluding hydrogens is 203 g/mol. The van der Waals surface area contributed by atoms with Crippen molar-refractivity contribution in [2.24, 2.45) is 0 Å². The van der Waals surface area contributed by atoms with Crippen LogP contribution in [0.3, 0.4) is 0 Å². The fraction of sp³-hybridized carbons (Fsp3) is 0.143. The Morgan fingerprint density at radius 3 is 2.50 bits per heavy atom. The molecule has 0 aliphatic carbocycles. The third-order valence-electron chi connectivity index (χ3n) is 2.85. The number of hydrogen-bond acceptors (Lipinski definition) is 1. The first-order chi connectivity index (χ1) is 7.59. The van der Waals surface area contributed by atoms with Crippen molar-refractivity contribution in [1.29, 1.82) is 0 Å². The Balaban J connectivity index is 2.67. The van der Waals surface area contributed by atoms with Crippen LogP contribution in [0.1, 0.15) is 11.1 Å². The van der Waals surface area contributed by atoms with Crippen LogP contribution in [0.4, 0.5) is 4.39 Å². The van der Waals surface area contributed by atoms with Gasteiger partial charge in [0, 0.05) is 5.56 Å².